The van der Waals surface area contributed by atoms with E-state index in [0.29, 0.717) is 53.8 Å². The molecule has 144 valence electrons. The molecule has 0 N–H and O–H groups in total. The van der Waals surface area contributed by atoms with Gasteiger partial charge in [0.25, 0.3) is 11.8 Å². The second-order valence-corrected chi connectivity index (χ2v) is 7.23. The Morgan fingerprint density at radius 3 is 2.18 bits per heavy atom. The van der Waals surface area contributed by atoms with Crippen LogP contribution in [0.25, 0.3) is 5.57 Å². The number of amides is 2. The Labute approximate surface area is 169 Å². The third-order valence-corrected chi connectivity index (χ3v) is 5.37. The van der Waals surface area contributed by atoms with E-state index in [-0.39, 0.29) is 11.8 Å². The van der Waals surface area contributed by atoms with Crippen molar-refractivity contribution in [3.8, 4) is 0 Å². The van der Waals surface area contributed by atoms with Crippen LogP contribution < -0.4 is 4.90 Å². The third-order valence-electron chi connectivity index (χ3n) is 5.12. The Bertz CT molecular complexity index is 929. The molecule has 1 fully saturated rings. The summed E-state index contributed by atoms with van der Waals surface area (Å²) in [7, 11) is 0. The highest BCUT2D eigenvalue weighted by Crippen LogP contribution is 2.35. The topological polar surface area (TPSA) is 49.9 Å². The number of anilines is 1. The molecule has 0 aliphatic carbocycles. The van der Waals surface area contributed by atoms with Crippen molar-refractivity contribution in [1.29, 1.82) is 0 Å². The maximum atomic E-state index is 13.4. The van der Waals surface area contributed by atoms with Crippen molar-refractivity contribution in [2.24, 2.45) is 0 Å². The number of hydrogen-bond acceptors (Lipinski definition) is 4. The van der Waals surface area contributed by atoms with E-state index in [0.717, 1.165) is 12.0 Å². The molecule has 1 saturated heterocycles. The SMILES string of the molecule is CCc1ccc(N2C(=O)C(c3ccc(Cl)cc3)=C(N3CCOCC3)C2=O)cc1. The number of hydrogen-bond donors (Lipinski definition) is 0. The van der Waals surface area contributed by atoms with E-state index in [1.54, 1.807) is 24.3 Å². The predicted octanol–water partition coefficient (Wildman–Crippen LogP) is 3.52. The lowest BCUT2D eigenvalue weighted by molar-refractivity contribution is -0.121. The third kappa shape index (κ3) is 3.32. The average Bonchev–Trinajstić information content (AvgIpc) is 2.99. The molecule has 2 aliphatic heterocycles. The van der Waals surface area contributed by atoms with E-state index < -0.39 is 0 Å². The number of nitrogens with zero attached hydrogens (tertiary/aromatic N) is 2. The van der Waals surface area contributed by atoms with Gasteiger partial charge in [-0.05, 0) is 41.8 Å². The van der Waals surface area contributed by atoms with Crippen LogP contribution in [-0.2, 0) is 20.7 Å². The van der Waals surface area contributed by atoms with Gasteiger partial charge in [-0.15, -0.1) is 0 Å². The number of morpholine rings is 1. The monoisotopic (exact) mass is 396 g/mol. The molecular weight excluding hydrogens is 376 g/mol. The molecule has 2 aliphatic rings. The molecule has 5 nitrogen and oxygen atoms in total. The highest BCUT2D eigenvalue weighted by molar-refractivity contribution is 6.45. The summed E-state index contributed by atoms with van der Waals surface area (Å²) in [6.07, 6.45) is 0.898. The molecule has 4 rings (SSSR count). The first-order valence-electron chi connectivity index (χ1n) is 9.40. The Morgan fingerprint density at radius 1 is 0.929 bits per heavy atom. The van der Waals surface area contributed by atoms with Crippen molar-refractivity contribution in [2.45, 2.75) is 13.3 Å². The first-order valence-corrected chi connectivity index (χ1v) is 9.78. The van der Waals surface area contributed by atoms with Crippen LogP contribution >= 0.6 is 11.6 Å². The minimum absolute atomic E-state index is 0.291. The maximum absolute atomic E-state index is 13.4. The molecule has 0 bridgehead atoms. The van der Waals surface area contributed by atoms with Gasteiger partial charge in [0.05, 0.1) is 24.5 Å². The molecule has 0 atom stereocenters. The van der Waals surface area contributed by atoms with Crippen LogP contribution in [0.2, 0.25) is 5.02 Å². The minimum Gasteiger partial charge on any atom is -0.378 e. The Kier molecular flexibility index (Phi) is 5.20. The fourth-order valence-corrected chi connectivity index (χ4v) is 3.72. The van der Waals surface area contributed by atoms with Gasteiger partial charge in [-0.25, -0.2) is 4.90 Å². The number of carbonyl (C=O) groups excluding carboxylic acids is 2. The maximum Gasteiger partial charge on any atom is 0.282 e. The van der Waals surface area contributed by atoms with Gasteiger partial charge < -0.3 is 9.64 Å². The number of rotatable bonds is 4. The van der Waals surface area contributed by atoms with Gasteiger partial charge in [-0.1, -0.05) is 42.8 Å². The van der Waals surface area contributed by atoms with Crippen LogP contribution in [0, 0.1) is 0 Å². The highest BCUT2D eigenvalue weighted by Gasteiger charge is 2.42. The molecule has 0 aromatic heterocycles. The number of halogens is 1. The molecule has 2 aromatic carbocycles. The van der Waals surface area contributed by atoms with E-state index in [1.807, 2.05) is 29.2 Å². The molecule has 2 heterocycles. The van der Waals surface area contributed by atoms with Gasteiger partial charge in [0.2, 0.25) is 0 Å². The number of ether oxygens (including phenoxy) is 1. The number of imide groups is 1. The first-order chi connectivity index (χ1) is 13.6. The van der Waals surface area contributed by atoms with Gasteiger partial charge in [0.1, 0.15) is 5.70 Å². The van der Waals surface area contributed by atoms with Crippen LogP contribution in [0.4, 0.5) is 5.69 Å². The molecule has 2 aromatic rings. The van der Waals surface area contributed by atoms with E-state index >= 15 is 0 Å². The summed E-state index contributed by atoms with van der Waals surface area (Å²) in [5.74, 6) is -0.598. The number of benzene rings is 2. The van der Waals surface area contributed by atoms with Crippen LogP contribution in [0.3, 0.4) is 0 Å². The van der Waals surface area contributed by atoms with Crippen LogP contribution in [0.5, 0.6) is 0 Å². The van der Waals surface area contributed by atoms with Gasteiger partial charge in [-0.2, -0.15) is 0 Å². The summed E-state index contributed by atoms with van der Waals surface area (Å²) in [5, 5.41) is 0.584. The van der Waals surface area contributed by atoms with Crippen LogP contribution in [-0.4, -0.2) is 43.0 Å². The smallest absolute Gasteiger partial charge is 0.282 e. The highest BCUT2D eigenvalue weighted by atomic mass is 35.5. The zero-order chi connectivity index (χ0) is 19.7. The Morgan fingerprint density at radius 2 is 1.57 bits per heavy atom. The average molecular weight is 397 g/mol. The van der Waals surface area contributed by atoms with Gasteiger partial charge >= 0.3 is 0 Å². The molecule has 0 spiro atoms. The van der Waals surface area contributed by atoms with E-state index in [4.69, 9.17) is 16.3 Å². The van der Waals surface area contributed by atoms with Crippen molar-refractivity contribution in [3.05, 3.63) is 70.4 Å². The number of aryl methyl sites for hydroxylation is 1. The van der Waals surface area contributed by atoms with Crippen molar-refractivity contribution in [3.63, 3.8) is 0 Å². The zero-order valence-corrected chi connectivity index (χ0v) is 16.4. The van der Waals surface area contributed by atoms with Crippen molar-refractivity contribution in [1.82, 2.24) is 4.90 Å². The van der Waals surface area contributed by atoms with E-state index in [1.165, 1.54) is 4.90 Å². The standard InChI is InChI=1S/C22H21ClN2O3/c1-2-15-3-9-18(10-4-15)25-21(26)19(16-5-7-17(23)8-6-16)20(22(25)27)24-11-13-28-14-12-24/h3-10H,2,11-14H2,1H3. The minimum atomic E-state index is -0.307. The summed E-state index contributed by atoms with van der Waals surface area (Å²) in [4.78, 5) is 29.9. The van der Waals surface area contributed by atoms with E-state index in [9.17, 15) is 9.59 Å². The number of carbonyl (C=O) groups is 2. The molecule has 0 unspecified atom stereocenters. The Hall–Kier alpha value is -2.63. The van der Waals surface area contributed by atoms with E-state index in [2.05, 4.69) is 6.92 Å². The fourth-order valence-electron chi connectivity index (χ4n) is 3.59. The molecule has 2 amide bonds. The Balaban J connectivity index is 1.79. The van der Waals surface area contributed by atoms with Crippen LogP contribution in [0.15, 0.2) is 54.2 Å². The molecular formula is C22H21ClN2O3. The second-order valence-electron chi connectivity index (χ2n) is 6.80. The van der Waals surface area contributed by atoms with Crippen molar-refractivity contribution < 1.29 is 14.3 Å². The molecule has 6 heteroatoms. The van der Waals surface area contributed by atoms with Gasteiger partial charge in [0.15, 0.2) is 0 Å². The molecule has 0 saturated carbocycles. The summed E-state index contributed by atoms with van der Waals surface area (Å²) >= 11 is 6.02. The van der Waals surface area contributed by atoms with Gasteiger partial charge in [0, 0.05) is 18.1 Å². The first kappa shape index (κ1) is 18.7. The fraction of sp³-hybridized carbons (Fsp3) is 0.273. The van der Waals surface area contributed by atoms with Gasteiger partial charge in [-0.3, -0.25) is 9.59 Å². The lowest BCUT2D eigenvalue weighted by Gasteiger charge is -2.29. The lowest BCUT2D eigenvalue weighted by atomic mass is 10.0. The van der Waals surface area contributed by atoms with Crippen molar-refractivity contribution in [2.75, 3.05) is 31.2 Å². The molecule has 0 radical (unpaired) electrons. The summed E-state index contributed by atoms with van der Waals surface area (Å²) in [6, 6.07) is 14.6. The summed E-state index contributed by atoms with van der Waals surface area (Å²) in [5.41, 5.74) is 3.29. The lowest BCUT2D eigenvalue weighted by Crippen LogP contribution is -2.40. The normalized spacial score (nSPS) is 17.6. The predicted molar refractivity (Wildman–Crippen MR) is 109 cm³/mol. The quantitative estimate of drug-likeness (QED) is 0.742. The van der Waals surface area contributed by atoms with Crippen LogP contribution in [0.1, 0.15) is 18.1 Å². The summed E-state index contributed by atoms with van der Waals surface area (Å²) in [6.45, 7) is 4.29. The summed E-state index contributed by atoms with van der Waals surface area (Å²) < 4.78 is 5.42. The zero-order valence-electron chi connectivity index (χ0n) is 15.7. The largest absolute Gasteiger partial charge is 0.378 e. The van der Waals surface area contributed by atoms with Crippen molar-refractivity contribution >= 4 is 34.7 Å². The second kappa shape index (κ2) is 7.78. The molecule has 28 heavy (non-hydrogen) atoms.